The van der Waals surface area contributed by atoms with E-state index in [0.29, 0.717) is 0 Å². The molecule has 0 spiro atoms. The lowest BCUT2D eigenvalue weighted by molar-refractivity contribution is 0.242. The van der Waals surface area contributed by atoms with Crippen molar-refractivity contribution >= 4 is 23.1 Å². The second kappa shape index (κ2) is 8.61. The number of nitrogens with one attached hydrogen (secondary N) is 2. The second-order valence-corrected chi connectivity index (χ2v) is 6.86. The van der Waals surface area contributed by atoms with E-state index in [1.807, 2.05) is 50.2 Å². The molecule has 2 aromatic carbocycles. The smallest absolute Gasteiger partial charge is 0.323 e. The Bertz CT molecular complexity index is 705. The normalized spacial score (nSPS) is 14.2. The number of hydrogen-bond donors (Lipinski definition) is 2. The topological polar surface area (TPSA) is 53.6 Å². The summed E-state index contributed by atoms with van der Waals surface area (Å²) in [6.07, 6.45) is 3.96. The van der Waals surface area contributed by atoms with Crippen molar-refractivity contribution in [3.63, 3.8) is 0 Å². The Morgan fingerprint density at radius 3 is 1.96 bits per heavy atom. The van der Waals surface area contributed by atoms with E-state index in [-0.39, 0.29) is 12.1 Å². The number of nitrogens with zero attached hydrogens (tertiary/aromatic N) is 1. The Morgan fingerprint density at radius 2 is 1.42 bits per heavy atom. The average molecular weight is 353 g/mol. The van der Waals surface area contributed by atoms with Gasteiger partial charge in [-0.25, -0.2) is 4.79 Å². The van der Waals surface area contributed by atoms with E-state index in [1.165, 1.54) is 24.9 Å². The van der Waals surface area contributed by atoms with Gasteiger partial charge in [-0.15, -0.1) is 0 Å². The quantitative estimate of drug-likeness (QED) is 0.785. The molecule has 1 aliphatic heterocycles. The average Bonchev–Trinajstić information content (AvgIpc) is 2.64. The van der Waals surface area contributed by atoms with Crippen LogP contribution in [0.1, 0.15) is 33.1 Å². The fourth-order valence-corrected chi connectivity index (χ4v) is 3.09. The summed E-state index contributed by atoms with van der Waals surface area (Å²) in [4.78, 5) is 14.6. The third-order valence-electron chi connectivity index (χ3n) is 4.33. The van der Waals surface area contributed by atoms with Crippen LogP contribution in [0.3, 0.4) is 0 Å². The van der Waals surface area contributed by atoms with Crippen molar-refractivity contribution in [2.75, 3.05) is 28.6 Å². The monoisotopic (exact) mass is 353 g/mol. The molecule has 1 heterocycles. The van der Waals surface area contributed by atoms with Gasteiger partial charge < -0.3 is 20.3 Å². The van der Waals surface area contributed by atoms with Gasteiger partial charge in [-0.05, 0) is 81.6 Å². The number of amides is 2. The van der Waals surface area contributed by atoms with Gasteiger partial charge in [-0.1, -0.05) is 0 Å². The lowest BCUT2D eigenvalue weighted by Gasteiger charge is -2.28. The van der Waals surface area contributed by atoms with Crippen LogP contribution in [0.15, 0.2) is 48.5 Å². The van der Waals surface area contributed by atoms with Crippen molar-refractivity contribution in [2.24, 2.45) is 0 Å². The summed E-state index contributed by atoms with van der Waals surface area (Å²) in [7, 11) is 0. The summed E-state index contributed by atoms with van der Waals surface area (Å²) >= 11 is 0. The van der Waals surface area contributed by atoms with Crippen molar-refractivity contribution in [1.82, 2.24) is 0 Å². The zero-order chi connectivity index (χ0) is 18.4. The molecule has 0 unspecified atom stereocenters. The molecule has 2 amide bonds. The molecular formula is C21H27N3O2. The van der Waals surface area contributed by atoms with Gasteiger partial charge in [0.2, 0.25) is 0 Å². The standard InChI is InChI=1S/C21H27N3O2/c1-16(2)26-20-12-8-18(9-13-20)23-21(25)22-17-6-10-19(11-7-17)24-14-4-3-5-15-24/h6-13,16H,3-5,14-15H2,1-2H3,(H2,22,23,25). The number of benzene rings is 2. The fraction of sp³-hybridized carbons (Fsp3) is 0.381. The highest BCUT2D eigenvalue weighted by Gasteiger charge is 2.11. The van der Waals surface area contributed by atoms with Crippen LogP contribution in [-0.4, -0.2) is 25.2 Å². The predicted molar refractivity (Wildman–Crippen MR) is 107 cm³/mol. The molecule has 0 aromatic heterocycles. The van der Waals surface area contributed by atoms with Crippen LogP contribution >= 0.6 is 0 Å². The molecule has 0 radical (unpaired) electrons. The Morgan fingerprint density at radius 1 is 0.885 bits per heavy atom. The van der Waals surface area contributed by atoms with Crippen LogP contribution in [0.5, 0.6) is 5.75 Å². The van der Waals surface area contributed by atoms with Crippen LogP contribution in [0.2, 0.25) is 0 Å². The van der Waals surface area contributed by atoms with Gasteiger partial charge in [0.05, 0.1) is 6.10 Å². The molecule has 2 aromatic rings. The van der Waals surface area contributed by atoms with Gasteiger partial charge in [-0.3, -0.25) is 0 Å². The summed E-state index contributed by atoms with van der Waals surface area (Å²) in [5.41, 5.74) is 2.72. The largest absolute Gasteiger partial charge is 0.491 e. The maximum atomic E-state index is 12.2. The molecule has 1 fully saturated rings. The van der Waals surface area contributed by atoms with Gasteiger partial charge in [-0.2, -0.15) is 0 Å². The number of ether oxygens (including phenoxy) is 1. The summed E-state index contributed by atoms with van der Waals surface area (Å²) in [5, 5.41) is 5.70. The van der Waals surface area contributed by atoms with Gasteiger partial charge in [0.25, 0.3) is 0 Å². The predicted octanol–water partition coefficient (Wildman–Crippen LogP) is 5.11. The Labute approximate surface area is 155 Å². The molecule has 0 atom stereocenters. The second-order valence-electron chi connectivity index (χ2n) is 6.86. The van der Waals surface area contributed by atoms with Crippen LogP contribution in [0.4, 0.5) is 21.9 Å². The van der Waals surface area contributed by atoms with E-state index in [2.05, 4.69) is 27.7 Å². The first-order chi connectivity index (χ1) is 12.6. The maximum absolute atomic E-state index is 12.2. The van der Waals surface area contributed by atoms with Crippen molar-refractivity contribution in [2.45, 2.75) is 39.2 Å². The number of rotatable bonds is 5. The van der Waals surface area contributed by atoms with E-state index >= 15 is 0 Å². The zero-order valence-corrected chi connectivity index (χ0v) is 15.5. The molecule has 5 nitrogen and oxygen atoms in total. The molecule has 0 bridgehead atoms. The molecule has 26 heavy (non-hydrogen) atoms. The van der Waals surface area contributed by atoms with E-state index in [9.17, 15) is 4.79 Å². The van der Waals surface area contributed by atoms with Gasteiger partial charge >= 0.3 is 6.03 Å². The van der Waals surface area contributed by atoms with E-state index in [0.717, 1.165) is 30.2 Å². The third kappa shape index (κ3) is 5.15. The van der Waals surface area contributed by atoms with Crippen LogP contribution < -0.4 is 20.3 Å². The highest BCUT2D eigenvalue weighted by atomic mass is 16.5. The number of carbonyl (C=O) groups excluding carboxylic acids is 1. The lowest BCUT2D eigenvalue weighted by Crippen LogP contribution is -2.29. The number of anilines is 3. The van der Waals surface area contributed by atoms with Crippen LogP contribution in [0.25, 0.3) is 0 Å². The minimum Gasteiger partial charge on any atom is -0.491 e. The van der Waals surface area contributed by atoms with Crippen molar-refractivity contribution in [3.05, 3.63) is 48.5 Å². The number of hydrogen-bond acceptors (Lipinski definition) is 3. The van der Waals surface area contributed by atoms with E-state index < -0.39 is 0 Å². The summed E-state index contributed by atoms with van der Waals surface area (Å²) in [6, 6.07) is 15.1. The van der Waals surface area contributed by atoms with Crippen LogP contribution in [-0.2, 0) is 0 Å². The zero-order valence-electron chi connectivity index (χ0n) is 15.5. The molecule has 1 saturated heterocycles. The minimum absolute atomic E-state index is 0.130. The molecular weight excluding hydrogens is 326 g/mol. The molecule has 0 aliphatic carbocycles. The molecule has 5 heteroatoms. The molecule has 3 rings (SSSR count). The number of carbonyl (C=O) groups is 1. The first-order valence-electron chi connectivity index (χ1n) is 9.30. The minimum atomic E-state index is -0.256. The Hall–Kier alpha value is -2.69. The first kappa shape index (κ1) is 18.1. The van der Waals surface area contributed by atoms with Gasteiger partial charge in [0.15, 0.2) is 0 Å². The summed E-state index contributed by atoms with van der Waals surface area (Å²) in [6.45, 7) is 6.19. The molecule has 138 valence electrons. The summed E-state index contributed by atoms with van der Waals surface area (Å²) < 4.78 is 5.60. The van der Waals surface area contributed by atoms with Gasteiger partial charge in [0.1, 0.15) is 5.75 Å². The fourth-order valence-electron chi connectivity index (χ4n) is 3.09. The Balaban J connectivity index is 1.52. The van der Waals surface area contributed by atoms with E-state index in [4.69, 9.17) is 4.74 Å². The Kier molecular flexibility index (Phi) is 6.00. The van der Waals surface area contributed by atoms with Gasteiger partial charge in [0, 0.05) is 30.2 Å². The number of piperidine rings is 1. The van der Waals surface area contributed by atoms with Crippen LogP contribution in [0, 0.1) is 0 Å². The molecule has 0 saturated carbocycles. The highest BCUT2D eigenvalue weighted by Crippen LogP contribution is 2.22. The summed E-state index contributed by atoms with van der Waals surface area (Å²) in [5.74, 6) is 0.791. The molecule has 1 aliphatic rings. The van der Waals surface area contributed by atoms with Crippen molar-refractivity contribution in [3.8, 4) is 5.75 Å². The third-order valence-corrected chi connectivity index (χ3v) is 4.33. The van der Waals surface area contributed by atoms with Crippen molar-refractivity contribution in [1.29, 1.82) is 0 Å². The highest BCUT2D eigenvalue weighted by molar-refractivity contribution is 5.99. The maximum Gasteiger partial charge on any atom is 0.323 e. The SMILES string of the molecule is CC(C)Oc1ccc(NC(=O)Nc2ccc(N3CCCCC3)cc2)cc1. The van der Waals surface area contributed by atoms with E-state index in [1.54, 1.807) is 0 Å². The first-order valence-corrected chi connectivity index (χ1v) is 9.30. The number of urea groups is 1. The lowest BCUT2D eigenvalue weighted by atomic mass is 10.1. The molecule has 2 N–H and O–H groups in total. The van der Waals surface area contributed by atoms with Crippen molar-refractivity contribution < 1.29 is 9.53 Å².